The largest absolute Gasteiger partial charge is 0.481 e. The SMILES string of the molecule is CC(=O)NCO.CC(=O)NCOC(=S)Cl.CC(=O)NCOC(=S)OCC(=O)CCCS(=O)(=O)O.CC(=O)NCOC(=S)OCC(=O)O.CC(=O)O.NCO.O=C(O)CO.S=C(Cl)Cl. The van der Waals surface area contributed by atoms with Crippen molar-refractivity contribution in [1.82, 2.24) is 21.3 Å². The van der Waals surface area contributed by atoms with Gasteiger partial charge in [-0.1, -0.05) is 35.4 Å². The Morgan fingerprint density at radius 2 is 0.905 bits per heavy atom. The number of thiocarbonyl (C=S) groups is 4. The minimum Gasteiger partial charge on any atom is -0.481 e. The fourth-order valence-electron chi connectivity index (χ4n) is 1.57. The monoisotopic (exact) mass is 1070 g/mol. The average molecular weight is 1080 g/mol. The topological polar surface area (TPSA) is 433 Å². The number of carboxylic acids is 3. The summed E-state index contributed by atoms with van der Waals surface area (Å²) in [6.45, 7) is 3.95. The molecular weight excluding hydrogens is 1030 g/mol. The summed E-state index contributed by atoms with van der Waals surface area (Å²) in [6.07, 6.45) is -0.0609. The highest BCUT2D eigenvalue weighted by molar-refractivity contribution is 7.86. The van der Waals surface area contributed by atoms with Crippen molar-refractivity contribution < 1.29 is 106 Å². The van der Waals surface area contributed by atoms with Gasteiger partial charge >= 0.3 is 22.4 Å². The third kappa shape index (κ3) is 140. The second kappa shape index (κ2) is 56.0. The predicted octanol–water partition coefficient (Wildman–Crippen LogP) is -1.39. The summed E-state index contributed by atoms with van der Waals surface area (Å²) in [5.41, 5.74) is 4.40. The summed E-state index contributed by atoms with van der Waals surface area (Å²) in [4.78, 5) is 80.1. The highest BCUT2D eigenvalue weighted by atomic mass is 35.5. The molecule has 27 nitrogen and oxygen atoms in total. The summed E-state index contributed by atoms with van der Waals surface area (Å²) in [7, 11) is -4.05. The van der Waals surface area contributed by atoms with Crippen LogP contribution in [0.1, 0.15) is 47.5 Å². The molecule has 0 saturated heterocycles. The van der Waals surface area contributed by atoms with Crippen LogP contribution in [0.5, 0.6) is 0 Å². The molecule has 0 atom stereocenters. The molecule has 0 bridgehead atoms. The second-order valence-corrected chi connectivity index (χ2v) is 14.1. The lowest BCUT2D eigenvalue weighted by Crippen LogP contribution is -2.26. The first-order chi connectivity index (χ1) is 28.8. The second-order valence-electron chi connectivity index (χ2n) is 9.07. The number of ketones is 1. The fourth-order valence-corrected chi connectivity index (χ4v) is 2.42. The number of nitrogens with two attached hydrogens (primary N) is 1. The number of aliphatic carboxylic acids is 3. The number of carboxylic acid groups (broad SMARTS) is 3. The Kier molecular flexibility index (Phi) is 67.7. The molecule has 0 aromatic heterocycles. The lowest BCUT2D eigenvalue weighted by Gasteiger charge is -2.08. The molecular formula is C28H50Cl3N5O22S5. The van der Waals surface area contributed by atoms with Gasteiger partial charge in [-0.2, -0.15) is 8.42 Å². The van der Waals surface area contributed by atoms with Crippen LogP contribution in [0.3, 0.4) is 0 Å². The van der Waals surface area contributed by atoms with E-state index in [1.54, 1.807) is 0 Å². The fraction of sp³-hybridized carbons (Fsp3) is 0.571. The minimum absolute atomic E-state index is 0.000534. The molecule has 0 fully saturated rings. The first-order valence-corrected chi connectivity index (χ1v) is 20.0. The van der Waals surface area contributed by atoms with Crippen LogP contribution < -0.4 is 27.0 Å². The lowest BCUT2D eigenvalue weighted by molar-refractivity contribution is -0.141. The van der Waals surface area contributed by atoms with Crippen LogP contribution in [-0.4, -0.2) is 169 Å². The van der Waals surface area contributed by atoms with Gasteiger partial charge in [-0.05, 0) is 30.2 Å². The number of ether oxygens (including phenoxy) is 5. The van der Waals surface area contributed by atoms with Gasteiger partial charge in [-0.15, -0.1) is 0 Å². The minimum atomic E-state index is -4.05. The van der Waals surface area contributed by atoms with Gasteiger partial charge in [0.05, 0.1) is 12.5 Å². The van der Waals surface area contributed by atoms with E-state index in [0.29, 0.717) is 0 Å². The molecule has 0 heterocycles. The number of halogens is 3. The summed E-state index contributed by atoms with van der Waals surface area (Å²) >= 11 is 32.1. The quantitative estimate of drug-likeness (QED) is 0.0366. The zero-order valence-electron chi connectivity index (χ0n) is 33.8. The van der Waals surface area contributed by atoms with Gasteiger partial charge in [0.1, 0.15) is 13.3 Å². The van der Waals surface area contributed by atoms with E-state index in [1.165, 1.54) is 27.7 Å². The number of Topliss-reactive ketones (excluding diaryl/α,β-unsaturated/α-hetero) is 1. The number of carbonyl (C=O) groups excluding carboxylic acids is 5. The smallest absolute Gasteiger partial charge is 0.354 e. The van der Waals surface area contributed by atoms with Gasteiger partial charge in [0.15, 0.2) is 43.0 Å². The molecule has 0 saturated carbocycles. The Labute approximate surface area is 397 Å². The van der Waals surface area contributed by atoms with E-state index in [-0.39, 0.29) is 101 Å². The highest BCUT2D eigenvalue weighted by Gasteiger charge is 2.09. The maximum atomic E-state index is 11.2. The van der Waals surface area contributed by atoms with Crippen LogP contribution in [0.2, 0.25) is 0 Å². The van der Waals surface area contributed by atoms with Gasteiger partial charge in [0.25, 0.3) is 20.6 Å². The molecule has 35 heteroatoms. The maximum Gasteiger partial charge on any atom is 0.354 e. The van der Waals surface area contributed by atoms with Crippen molar-refractivity contribution in [2.75, 3.05) is 59.2 Å². The number of hydrogen-bond acceptors (Lipinski definition) is 23. The van der Waals surface area contributed by atoms with Crippen LogP contribution in [0.15, 0.2) is 0 Å². The maximum absolute atomic E-state index is 11.2. The number of aliphatic hydroxyl groups is 3. The van der Waals surface area contributed by atoms with E-state index in [9.17, 15) is 37.2 Å². The van der Waals surface area contributed by atoms with Crippen LogP contribution in [0, 0.1) is 0 Å². The normalized spacial score (nSPS) is 8.59. The standard InChI is InChI=1S/C9H15NO7S2.C6H9NO5S.C4H6ClNO2S.C3H7NO2.C2H4O3.C2H4O2.CCl2S.CH5NO/c1-7(11)10-6-17-9(18)16-5-8(12)3-2-4-19(13,14)15;1-4(8)7-3-12-6(13)11-2-5(9)10;1-3(7)6-2-8-4(5)9;1-3(6)4-2-5;3-1-2(4)5;1-2(3)4;2-1(3)4;2-1-3/h2-6H2,1H3,(H,10,11)(H,13,14,15);2-3H2,1H3,(H,7,8)(H,9,10);2H2,1H3,(H,6,7);5H,2H2,1H3,(H,4,6);3H,1H2,(H,4,5);1H3,(H,3,4);;3H,1-2H2. The molecule has 0 aliphatic heterocycles. The van der Waals surface area contributed by atoms with Gasteiger partial charge in [-0.3, -0.25) is 33.3 Å². The molecule has 63 heavy (non-hydrogen) atoms. The van der Waals surface area contributed by atoms with E-state index in [2.05, 4.69) is 90.1 Å². The first-order valence-electron chi connectivity index (χ1n) is 15.6. The molecule has 0 aliphatic carbocycles. The van der Waals surface area contributed by atoms with Crippen molar-refractivity contribution in [3.63, 3.8) is 0 Å². The van der Waals surface area contributed by atoms with E-state index in [1.807, 2.05) is 0 Å². The number of amides is 4. The average Bonchev–Trinajstić information content (AvgIpc) is 3.09. The third-order valence-corrected chi connectivity index (χ3v) is 5.02. The Hall–Kier alpha value is -4.06. The molecule has 4 amide bonds. The van der Waals surface area contributed by atoms with Gasteiger partial charge in [-0.25, -0.2) is 9.59 Å². The van der Waals surface area contributed by atoms with Crippen molar-refractivity contribution in [2.24, 2.45) is 5.73 Å². The number of aliphatic hydroxyl groups excluding tert-OH is 3. The molecule has 0 aromatic rings. The molecule has 0 rings (SSSR count). The molecule has 0 spiro atoms. The van der Waals surface area contributed by atoms with Crippen molar-refractivity contribution in [1.29, 1.82) is 0 Å². The zero-order valence-corrected chi connectivity index (χ0v) is 40.1. The van der Waals surface area contributed by atoms with Crippen LogP contribution in [-0.2, 0) is 72.2 Å². The van der Waals surface area contributed by atoms with E-state index >= 15 is 0 Å². The number of nitrogens with one attached hydrogen (secondary N) is 4. The molecule has 0 unspecified atom stereocenters. The van der Waals surface area contributed by atoms with Gasteiger partial charge in [0.2, 0.25) is 23.6 Å². The Morgan fingerprint density at radius 3 is 1.13 bits per heavy atom. The van der Waals surface area contributed by atoms with Crippen molar-refractivity contribution in [3.8, 4) is 0 Å². The highest BCUT2D eigenvalue weighted by Crippen LogP contribution is 1.97. The molecule has 370 valence electrons. The lowest BCUT2D eigenvalue weighted by atomic mass is 10.2. The first kappa shape index (κ1) is 76.3. The predicted molar refractivity (Wildman–Crippen MR) is 238 cm³/mol. The van der Waals surface area contributed by atoms with Crippen LogP contribution in [0.25, 0.3) is 0 Å². The number of carbonyl (C=O) groups is 8. The van der Waals surface area contributed by atoms with E-state index < -0.39 is 47.0 Å². The van der Waals surface area contributed by atoms with E-state index in [0.717, 1.165) is 6.92 Å². The Bertz CT molecular complexity index is 1450. The van der Waals surface area contributed by atoms with Crippen LogP contribution >= 0.6 is 83.7 Å². The molecule has 0 radical (unpaired) electrons. The molecule has 0 aromatic carbocycles. The molecule has 13 N–H and O–H groups in total. The number of hydrogen-bond donors (Lipinski definition) is 12. The summed E-state index contributed by atoms with van der Waals surface area (Å²) < 4.78 is 52.2. The van der Waals surface area contributed by atoms with E-state index in [4.69, 9.17) is 89.1 Å². The third-order valence-electron chi connectivity index (χ3n) is 3.51. The Balaban J connectivity index is -0.0000000998. The summed E-state index contributed by atoms with van der Waals surface area (Å²) in [5.74, 6) is -5.00. The van der Waals surface area contributed by atoms with Crippen LogP contribution in [0.4, 0.5) is 0 Å². The van der Waals surface area contributed by atoms with Crippen molar-refractivity contribution >= 4 is 160 Å². The molecule has 0 aliphatic rings. The zero-order chi connectivity index (χ0) is 51.6. The summed E-state index contributed by atoms with van der Waals surface area (Å²) in [6, 6.07) is 0. The Morgan fingerprint density at radius 1 is 0.603 bits per heavy atom. The number of rotatable bonds is 16. The van der Waals surface area contributed by atoms with Crippen molar-refractivity contribution in [3.05, 3.63) is 0 Å². The van der Waals surface area contributed by atoms with Gasteiger partial charge in [0, 0.05) is 65.5 Å². The summed E-state index contributed by atoms with van der Waals surface area (Å²) in [5, 5.41) is 54.3. The van der Waals surface area contributed by atoms with Crippen molar-refractivity contribution in [2.45, 2.75) is 47.5 Å². The van der Waals surface area contributed by atoms with Gasteiger partial charge < -0.3 is 81.3 Å².